The molecule has 0 saturated carbocycles. The Morgan fingerprint density at radius 1 is 1.42 bits per heavy atom. The molecule has 19 heavy (non-hydrogen) atoms. The molecule has 1 aromatic rings. The first-order valence-corrected chi connectivity index (χ1v) is 6.75. The molecule has 0 saturated heterocycles. The van der Waals surface area contributed by atoms with Crippen LogP contribution in [0.4, 0.5) is 0 Å². The highest BCUT2D eigenvalue weighted by Gasteiger charge is 2.21. The molecule has 1 aromatic heterocycles. The van der Waals surface area contributed by atoms with Gasteiger partial charge in [-0.1, -0.05) is 32.4 Å². The van der Waals surface area contributed by atoms with E-state index in [0.29, 0.717) is 23.8 Å². The molecule has 0 bridgehead atoms. The highest BCUT2D eigenvalue weighted by Crippen LogP contribution is 2.24. The highest BCUT2D eigenvalue weighted by atomic mass is 35.5. The van der Waals surface area contributed by atoms with Crippen molar-refractivity contribution < 1.29 is 9.90 Å². The lowest BCUT2D eigenvalue weighted by molar-refractivity contribution is 0.0731. The number of likely N-dealkylation sites (N-methyl/N-ethyl adjacent to an activating group) is 1. The number of hydrogen-bond donors (Lipinski definition) is 1. The van der Waals surface area contributed by atoms with Gasteiger partial charge in [0.25, 0.3) is 5.91 Å². The average molecular weight is 285 g/mol. The van der Waals surface area contributed by atoms with Crippen molar-refractivity contribution in [3.63, 3.8) is 0 Å². The standard InChI is InChI=1S/C14H21ClN2O2/c1-5-17(6-7-18)13(19)10-8-11(14(2,3)4)16-12(15)9-10/h8-9,18H,5-7H2,1-4H3. The molecular formula is C14H21ClN2O2. The molecule has 1 rings (SSSR count). The summed E-state index contributed by atoms with van der Waals surface area (Å²) in [5.41, 5.74) is 1.12. The minimum atomic E-state index is -0.173. The van der Waals surface area contributed by atoms with Crippen molar-refractivity contribution >= 4 is 17.5 Å². The number of carbonyl (C=O) groups excluding carboxylic acids is 1. The van der Waals surface area contributed by atoms with Crippen LogP contribution >= 0.6 is 11.6 Å². The Bertz CT molecular complexity index is 455. The van der Waals surface area contributed by atoms with Crippen LogP contribution < -0.4 is 0 Å². The normalized spacial score (nSPS) is 11.5. The molecule has 0 aliphatic heterocycles. The second kappa shape index (κ2) is 6.35. The first kappa shape index (κ1) is 15.9. The van der Waals surface area contributed by atoms with Crippen LogP contribution in [0.3, 0.4) is 0 Å². The van der Waals surface area contributed by atoms with E-state index in [2.05, 4.69) is 4.98 Å². The van der Waals surface area contributed by atoms with E-state index in [-0.39, 0.29) is 17.9 Å². The van der Waals surface area contributed by atoms with Crippen LogP contribution in [0.25, 0.3) is 0 Å². The maximum absolute atomic E-state index is 12.3. The minimum absolute atomic E-state index is 0.0511. The number of hydrogen-bond acceptors (Lipinski definition) is 3. The Labute approximate surface area is 119 Å². The fourth-order valence-electron chi connectivity index (χ4n) is 1.71. The zero-order chi connectivity index (χ0) is 14.6. The fraction of sp³-hybridized carbons (Fsp3) is 0.571. The molecule has 0 atom stereocenters. The summed E-state index contributed by atoms with van der Waals surface area (Å²) in [6.45, 7) is 8.75. The lowest BCUT2D eigenvalue weighted by Crippen LogP contribution is -2.33. The van der Waals surface area contributed by atoms with E-state index in [9.17, 15) is 4.79 Å². The summed E-state index contributed by atoms with van der Waals surface area (Å²) < 4.78 is 0. The van der Waals surface area contributed by atoms with E-state index in [1.807, 2.05) is 27.7 Å². The molecule has 1 N–H and O–H groups in total. The fourth-order valence-corrected chi connectivity index (χ4v) is 1.92. The molecule has 0 aliphatic rings. The number of carbonyl (C=O) groups is 1. The predicted molar refractivity (Wildman–Crippen MR) is 76.6 cm³/mol. The van der Waals surface area contributed by atoms with Gasteiger partial charge in [-0.25, -0.2) is 4.98 Å². The van der Waals surface area contributed by atoms with Crippen molar-refractivity contribution in [2.24, 2.45) is 0 Å². The Balaban J connectivity index is 3.13. The van der Waals surface area contributed by atoms with Crippen LogP contribution in [0.2, 0.25) is 5.15 Å². The number of aliphatic hydroxyl groups is 1. The number of amides is 1. The Morgan fingerprint density at radius 3 is 2.53 bits per heavy atom. The molecule has 0 fully saturated rings. The first-order valence-electron chi connectivity index (χ1n) is 6.37. The number of rotatable bonds is 4. The second-order valence-electron chi connectivity index (χ2n) is 5.42. The van der Waals surface area contributed by atoms with E-state index in [4.69, 9.17) is 16.7 Å². The van der Waals surface area contributed by atoms with Gasteiger partial charge in [-0.2, -0.15) is 0 Å². The molecule has 106 valence electrons. The second-order valence-corrected chi connectivity index (χ2v) is 5.81. The van der Waals surface area contributed by atoms with Crippen molar-refractivity contribution in [2.75, 3.05) is 19.7 Å². The zero-order valence-electron chi connectivity index (χ0n) is 11.9. The van der Waals surface area contributed by atoms with Crippen molar-refractivity contribution in [1.29, 1.82) is 0 Å². The van der Waals surface area contributed by atoms with Crippen LogP contribution in [0, 0.1) is 0 Å². The minimum Gasteiger partial charge on any atom is -0.395 e. The summed E-state index contributed by atoms with van der Waals surface area (Å²) in [6, 6.07) is 3.34. The largest absolute Gasteiger partial charge is 0.395 e. The van der Waals surface area contributed by atoms with Crippen LogP contribution in [0.5, 0.6) is 0 Å². The smallest absolute Gasteiger partial charge is 0.254 e. The quantitative estimate of drug-likeness (QED) is 0.864. The number of aliphatic hydroxyl groups excluding tert-OH is 1. The van der Waals surface area contributed by atoms with Gasteiger partial charge in [-0.05, 0) is 19.1 Å². The molecule has 1 amide bonds. The molecule has 0 aliphatic carbocycles. The van der Waals surface area contributed by atoms with Crippen molar-refractivity contribution in [2.45, 2.75) is 33.1 Å². The van der Waals surface area contributed by atoms with Gasteiger partial charge in [0.2, 0.25) is 0 Å². The van der Waals surface area contributed by atoms with Crippen molar-refractivity contribution in [1.82, 2.24) is 9.88 Å². The molecule has 0 aromatic carbocycles. The molecular weight excluding hydrogens is 264 g/mol. The first-order chi connectivity index (χ1) is 8.79. The van der Waals surface area contributed by atoms with Gasteiger partial charge in [0.1, 0.15) is 5.15 Å². The van der Waals surface area contributed by atoms with E-state index in [0.717, 1.165) is 5.69 Å². The third-order valence-electron chi connectivity index (χ3n) is 2.85. The lowest BCUT2D eigenvalue weighted by atomic mass is 9.91. The topological polar surface area (TPSA) is 53.4 Å². The van der Waals surface area contributed by atoms with Crippen LogP contribution in [-0.4, -0.2) is 40.6 Å². The Morgan fingerprint density at radius 2 is 2.05 bits per heavy atom. The third-order valence-corrected chi connectivity index (χ3v) is 3.04. The highest BCUT2D eigenvalue weighted by molar-refractivity contribution is 6.29. The summed E-state index contributed by atoms with van der Waals surface area (Å²) in [6.07, 6.45) is 0. The van der Waals surface area contributed by atoms with Crippen LogP contribution in [0.1, 0.15) is 43.7 Å². The molecule has 0 spiro atoms. The summed E-state index contributed by atoms with van der Waals surface area (Å²) in [5, 5.41) is 9.29. The maximum Gasteiger partial charge on any atom is 0.254 e. The van der Waals surface area contributed by atoms with Gasteiger partial charge < -0.3 is 10.0 Å². The van der Waals surface area contributed by atoms with Gasteiger partial charge >= 0.3 is 0 Å². The number of nitrogens with zero attached hydrogens (tertiary/aromatic N) is 2. The van der Waals surface area contributed by atoms with E-state index in [1.165, 1.54) is 0 Å². The monoisotopic (exact) mass is 284 g/mol. The number of aromatic nitrogens is 1. The van der Waals surface area contributed by atoms with Gasteiger partial charge in [-0.3, -0.25) is 4.79 Å². The average Bonchev–Trinajstić information content (AvgIpc) is 2.33. The molecule has 5 heteroatoms. The number of pyridine rings is 1. The lowest BCUT2D eigenvalue weighted by Gasteiger charge is -2.22. The SMILES string of the molecule is CCN(CCO)C(=O)c1cc(Cl)nc(C(C)(C)C)c1. The molecule has 1 heterocycles. The summed E-state index contributed by atoms with van der Waals surface area (Å²) in [5.74, 6) is -0.133. The van der Waals surface area contributed by atoms with Gasteiger partial charge in [0, 0.05) is 29.8 Å². The van der Waals surface area contributed by atoms with E-state index >= 15 is 0 Å². The maximum atomic E-state index is 12.3. The van der Waals surface area contributed by atoms with E-state index in [1.54, 1.807) is 17.0 Å². The van der Waals surface area contributed by atoms with Crippen LogP contribution in [-0.2, 0) is 5.41 Å². The molecule has 0 radical (unpaired) electrons. The summed E-state index contributed by atoms with van der Waals surface area (Å²) in [7, 11) is 0. The zero-order valence-corrected chi connectivity index (χ0v) is 12.7. The number of halogens is 1. The molecule has 4 nitrogen and oxygen atoms in total. The predicted octanol–water partition coefficient (Wildman–Crippen LogP) is 2.49. The Hall–Kier alpha value is -1.13. The van der Waals surface area contributed by atoms with Gasteiger partial charge in [0.05, 0.1) is 6.61 Å². The van der Waals surface area contributed by atoms with Crippen molar-refractivity contribution in [3.8, 4) is 0 Å². The van der Waals surface area contributed by atoms with Crippen LogP contribution in [0.15, 0.2) is 12.1 Å². The summed E-state index contributed by atoms with van der Waals surface area (Å²) >= 11 is 5.99. The summed E-state index contributed by atoms with van der Waals surface area (Å²) in [4.78, 5) is 18.2. The van der Waals surface area contributed by atoms with E-state index < -0.39 is 0 Å². The molecule has 0 unspecified atom stereocenters. The van der Waals surface area contributed by atoms with Crippen molar-refractivity contribution in [3.05, 3.63) is 28.5 Å². The van der Waals surface area contributed by atoms with Gasteiger partial charge in [-0.15, -0.1) is 0 Å². The Kier molecular flexibility index (Phi) is 5.32. The van der Waals surface area contributed by atoms with Gasteiger partial charge in [0.15, 0.2) is 0 Å². The third kappa shape index (κ3) is 4.18.